The first-order valence-electron chi connectivity index (χ1n) is 6.68. The number of aryl methyl sites for hydroxylation is 1. The first kappa shape index (κ1) is 14.4. The SMILES string of the molecule is CC1OCCC1(O)CNCc1cn(CCCO)nn1. The molecule has 0 aliphatic carbocycles. The molecule has 1 saturated heterocycles. The van der Waals surface area contributed by atoms with Crippen molar-refractivity contribution in [3.05, 3.63) is 11.9 Å². The third-order valence-electron chi connectivity index (χ3n) is 3.53. The number of rotatable bonds is 7. The molecule has 7 nitrogen and oxygen atoms in total. The van der Waals surface area contributed by atoms with Gasteiger partial charge in [-0.2, -0.15) is 0 Å². The second-order valence-corrected chi connectivity index (χ2v) is 5.02. The molecule has 1 fully saturated rings. The topological polar surface area (TPSA) is 92.4 Å². The van der Waals surface area contributed by atoms with Gasteiger partial charge in [-0.1, -0.05) is 5.21 Å². The third kappa shape index (κ3) is 3.73. The number of hydrogen-bond donors (Lipinski definition) is 3. The van der Waals surface area contributed by atoms with Crippen LogP contribution in [0.25, 0.3) is 0 Å². The zero-order valence-corrected chi connectivity index (χ0v) is 11.2. The fraction of sp³-hybridized carbons (Fsp3) is 0.833. The largest absolute Gasteiger partial charge is 0.396 e. The molecule has 1 aromatic heterocycles. The molecule has 1 aromatic rings. The highest BCUT2D eigenvalue weighted by Crippen LogP contribution is 2.24. The van der Waals surface area contributed by atoms with Crippen molar-refractivity contribution in [1.29, 1.82) is 0 Å². The minimum Gasteiger partial charge on any atom is -0.396 e. The van der Waals surface area contributed by atoms with Crippen molar-refractivity contribution >= 4 is 0 Å². The number of nitrogens with one attached hydrogen (secondary N) is 1. The second kappa shape index (κ2) is 6.42. The van der Waals surface area contributed by atoms with Crippen LogP contribution in [0.3, 0.4) is 0 Å². The molecule has 19 heavy (non-hydrogen) atoms. The van der Waals surface area contributed by atoms with Gasteiger partial charge in [0.15, 0.2) is 0 Å². The Hall–Kier alpha value is -1.02. The van der Waals surface area contributed by atoms with E-state index in [1.54, 1.807) is 4.68 Å². The molecule has 2 atom stereocenters. The van der Waals surface area contributed by atoms with Crippen molar-refractivity contribution < 1.29 is 14.9 Å². The van der Waals surface area contributed by atoms with Gasteiger partial charge in [0, 0.05) is 45.5 Å². The highest BCUT2D eigenvalue weighted by molar-refractivity contribution is 4.95. The first-order chi connectivity index (χ1) is 9.14. The van der Waals surface area contributed by atoms with Crippen LogP contribution in [-0.2, 0) is 17.8 Å². The third-order valence-corrected chi connectivity index (χ3v) is 3.53. The van der Waals surface area contributed by atoms with Crippen LogP contribution < -0.4 is 5.32 Å². The number of nitrogens with zero attached hydrogens (tertiary/aromatic N) is 3. The molecule has 3 N–H and O–H groups in total. The Kier molecular flexibility index (Phi) is 4.87. The smallest absolute Gasteiger partial charge is 0.105 e. The van der Waals surface area contributed by atoms with Crippen molar-refractivity contribution in [3.63, 3.8) is 0 Å². The van der Waals surface area contributed by atoms with Gasteiger partial charge < -0.3 is 20.3 Å². The Balaban J connectivity index is 1.75. The normalized spacial score (nSPS) is 27.0. The maximum atomic E-state index is 10.3. The molecule has 1 aliphatic rings. The minimum absolute atomic E-state index is 0.139. The Morgan fingerprint density at radius 2 is 2.47 bits per heavy atom. The average molecular weight is 270 g/mol. The van der Waals surface area contributed by atoms with Crippen molar-refractivity contribution in [2.24, 2.45) is 0 Å². The van der Waals surface area contributed by atoms with Crippen LogP contribution in [0.2, 0.25) is 0 Å². The molecular weight excluding hydrogens is 248 g/mol. The summed E-state index contributed by atoms with van der Waals surface area (Å²) in [7, 11) is 0. The van der Waals surface area contributed by atoms with Crippen LogP contribution in [-0.4, -0.2) is 56.7 Å². The van der Waals surface area contributed by atoms with Crippen LogP contribution in [0.1, 0.15) is 25.5 Å². The number of aromatic nitrogens is 3. The summed E-state index contributed by atoms with van der Waals surface area (Å²) in [5.41, 5.74) is 0.0421. The van der Waals surface area contributed by atoms with Gasteiger partial charge >= 0.3 is 0 Å². The van der Waals surface area contributed by atoms with Gasteiger partial charge in [0.2, 0.25) is 0 Å². The van der Waals surface area contributed by atoms with Crippen molar-refractivity contribution in [3.8, 4) is 0 Å². The lowest BCUT2D eigenvalue weighted by atomic mass is 9.97. The van der Waals surface area contributed by atoms with E-state index in [-0.39, 0.29) is 12.7 Å². The molecule has 0 radical (unpaired) electrons. The fourth-order valence-electron chi connectivity index (χ4n) is 2.17. The molecule has 0 saturated carbocycles. The molecule has 1 aliphatic heterocycles. The van der Waals surface area contributed by atoms with Gasteiger partial charge in [-0.3, -0.25) is 4.68 Å². The lowest BCUT2D eigenvalue weighted by Gasteiger charge is -2.26. The monoisotopic (exact) mass is 270 g/mol. The molecule has 0 aromatic carbocycles. The van der Waals surface area contributed by atoms with Crippen LogP contribution in [0.5, 0.6) is 0 Å². The van der Waals surface area contributed by atoms with Gasteiger partial charge in [-0.15, -0.1) is 5.10 Å². The Morgan fingerprint density at radius 3 is 3.16 bits per heavy atom. The number of hydrogen-bond acceptors (Lipinski definition) is 6. The standard InChI is InChI=1S/C12H22N4O3/c1-10-12(18,3-6-19-10)9-13-7-11-8-16(15-14-11)4-2-5-17/h8,10,13,17-18H,2-7,9H2,1H3. The van der Waals surface area contributed by atoms with Gasteiger partial charge in [0.05, 0.1) is 11.8 Å². The predicted molar refractivity (Wildman–Crippen MR) is 68.4 cm³/mol. The molecule has 2 rings (SSSR count). The predicted octanol–water partition coefficient (Wildman–Crippen LogP) is -0.710. The fourth-order valence-corrected chi connectivity index (χ4v) is 2.17. The summed E-state index contributed by atoms with van der Waals surface area (Å²) in [6, 6.07) is 0. The Bertz CT molecular complexity index is 398. The van der Waals surface area contributed by atoms with E-state index in [9.17, 15) is 5.11 Å². The van der Waals surface area contributed by atoms with Gasteiger partial charge in [0.25, 0.3) is 0 Å². The summed E-state index contributed by atoms with van der Waals surface area (Å²) >= 11 is 0. The highest BCUT2D eigenvalue weighted by Gasteiger charge is 2.38. The number of aliphatic hydroxyl groups is 2. The number of ether oxygens (including phenoxy) is 1. The molecule has 0 spiro atoms. The number of aliphatic hydroxyl groups excluding tert-OH is 1. The Labute approximate surface area is 112 Å². The van der Waals surface area contributed by atoms with E-state index in [0.29, 0.717) is 39.1 Å². The molecular formula is C12H22N4O3. The van der Waals surface area contributed by atoms with Crippen LogP contribution >= 0.6 is 0 Å². The summed E-state index contributed by atoms with van der Waals surface area (Å²) in [6.45, 7) is 4.36. The molecule has 0 amide bonds. The molecule has 2 unspecified atom stereocenters. The van der Waals surface area contributed by atoms with Gasteiger partial charge in [-0.05, 0) is 13.3 Å². The average Bonchev–Trinajstić information content (AvgIpc) is 2.96. The first-order valence-corrected chi connectivity index (χ1v) is 6.68. The van der Waals surface area contributed by atoms with E-state index < -0.39 is 5.60 Å². The van der Waals surface area contributed by atoms with Gasteiger partial charge in [-0.25, -0.2) is 0 Å². The van der Waals surface area contributed by atoms with E-state index in [0.717, 1.165) is 5.69 Å². The summed E-state index contributed by atoms with van der Waals surface area (Å²) in [4.78, 5) is 0. The molecule has 108 valence electrons. The van der Waals surface area contributed by atoms with E-state index in [1.165, 1.54) is 0 Å². The van der Waals surface area contributed by atoms with E-state index in [2.05, 4.69) is 15.6 Å². The van der Waals surface area contributed by atoms with Crippen molar-refractivity contribution in [2.45, 2.75) is 44.6 Å². The van der Waals surface area contributed by atoms with E-state index in [4.69, 9.17) is 9.84 Å². The highest BCUT2D eigenvalue weighted by atomic mass is 16.5. The molecule has 7 heteroatoms. The van der Waals surface area contributed by atoms with Crippen LogP contribution in [0, 0.1) is 0 Å². The van der Waals surface area contributed by atoms with E-state index >= 15 is 0 Å². The van der Waals surface area contributed by atoms with Gasteiger partial charge in [0.1, 0.15) is 5.60 Å². The summed E-state index contributed by atoms with van der Waals surface area (Å²) in [5, 5.41) is 30.2. The molecule has 2 heterocycles. The zero-order valence-electron chi connectivity index (χ0n) is 11.2. The maximum Gasteiger partial charge on any atom is 0.105 e. The molecule has 0 bridgehead atoms. The quantitative estimate of drug-likeness (QED) is 0.606. The van der Waals surface area contributed by atoms with E-state index in [1.807, 2.05) is 13.1 Å². The minimum atomic E-state index is -0.785. The summed E-state index contributed by atoms with van der Waals surface area (Å²) in [5.74, 6) is 0. The Morgan fingerprint density at radius 1 is 1.63 bits per heavy atom. The zero-order chi connectivity index (χ0) is 13.7. The lowest BCUT2D eigenvalue weighted by Crippen LogP contribution is -2.45. The lowest BCUT2D eigenvalue weighted by molar-refractivity contribution is -0.0263. The second-order valence-electron chi connectivity index (χ2n) is 5.02. The van der Waals surface area contributed by atoms with Crippen molar-refractivity contribution in [1.82, 2.24) is 20.3 Å². The van der Waals surface area contributed by atoms with Crippen LogP contribution in [0.15, 0.2) is 6.20 Å². The van der Waals surface area contributed by atoms with Crippen LogP contribution in [0.4, 0.5) is 0 Å². The summed E-state index contributed by atoms with van der Waals surface area (Å²) in [6.07, 6.45) is 3.04. The summed E-state index contributed by atoms with van der Waals surface area (Å²) < 4.78 is 7.09. The maximum absolute atomic E-state index is 10.3. The van der Waals surface area contributed by atoms with Crippen molar-refractivity contribution in [2.75, 3.05) is 19.8 Å².